The third-order valence-electron chi connectivity index (χ3n) is 3.76. The molecule has 0 saturated heterocycles. The Hall–Kier alpha value is -1.69. The Kier molecular flexibility index (Phi) is 4.57. The molecule has 0 radical (unpaired) electrons. The third kappa shape index (κ3) is 2.92. The number of fused-ring (bicyclic) bond motifs is 3. The molecular formula is C17H18BrN3O. The molecule has 5 heteroatoms. The number of pyridine rings is 1. The average Bonchev–Trinajstić information content (AvgIpc) is 2.52. The van der Waals surface area contributed by atoms with E-state index in [-0.39, 0.29) is 5.56 Å². The van der Waals surface area contributed by atoms with E-state index in [2.05, 4.69) is 21.2 Å². The Morgan fingerprint density at radius 2 is 1.91 bits per heavy atom. The third-order valence-corrected chi connectivity index (χ3v) is 4.26. The molecule has 3 aromatic rings. The van der Waals surface area contributed by atoms with Crippen molar-refractivity contribution in [3.63, 3.8) is 0 Å². The largest absolute Gasteiger partial charge is 0.330 e. The Morgan fingerprint density at radius 1 is 1.14 bits per heavy atom. The summed E-state index contributed by atoms with van der Waals surface area (Å²) in [6.07, 6.45) is 2.74. The van der Waals surface area contributed by atoms with Crippen LogP contribution < -0.4 is 16.6 Å². The average molecular weight is 360 g/mol. The van der Waals surface area contributed by atoms with E-state index >= 15 is 0 Å². The Labute approximate surface area is 137 Å². The van der Waals surface area contributed by atoms with Crippen molar-refractivity contribution in [2.45, 2.75) is 13.1 Å². The van der Waals surface area contributed by atoms with Gasteiger partial charge in [0.15, 0.2) is 0 Å². The van der Waals surface area contributed by atoms with Crippen LogP contribution in [0, 0.1) is 0 Å². The van der Waals surface area contributed by atoms with Gasteiger partial charge in [0.1, 0.15) is 0 Å². The van der Waals surface area contributed by atoms with Crippen molar-refractivity contribution >= 4 is 37.5 Å². The first kappa shape index (κ1) is 15.2. The fraction of sp³-hybridized carbons (Fsp3) is 0.235. The summed E-state index contributed by atoms with van der Waals surface area (Å²) in [5.41, 5.74) is 5.50. The first-order valence-corrected chi connectivity index (χ1v) is 8.12. The molecule has 0 atom stereocenters. The summed E-state index contributed by atoms with van der Waals surface area (Å²) >= 11 is 3.49. The number of hydrogen-bond donors (Lipinski definition) is 2. The molecule has 0 aliphatic rings. The smallest absolute Gasteiger partial charge is 0.260 e. The minimum Gasteiger partial charge on any atom is -0.330 e. The second-order valence-electron chi connectivity index (χ2n) is 5.29. The quantitative estimate of drug-likeness (QED) is 0.543. The topological polar surface area (TPSA) is 60.0 Å². The molecule has 0 amide bonds. The maximum atomic E-state index is 12.8. The zero-order chi connectivity index (χ0) is 15.5. The van der Waals surface area contributed by atoms with Crippen molar-refractivity contribution in [3.8, 4) is 0 Å². The zero-order valence-electron chi connectivity index (χ0n) is 12.2. The maximum absolute atomic E-state index is 12.8. The summed E-state index contributed by atoms with van der Waals surface area (Å²) in [7, 11) is 0. The monoisotopic (exact) mass is 359 g/mol. The van der Waals surface area contributed by atoms with Gasteiger partial charge in [-0.25, -0.2) is 0 Å². The summed E-state index contributed by atoms with van der Waals surface area (Å²) in [6, 6.07) is 12.1. The van der Waals surface area contributed by atoms with Gasteiger partial charge in [-0.3, -0.25) is 10.1 Å². The Balaban J connectivity index is 2.10. The van der Waals surface area contributed by atoms with Gasteiger partial charge in [0, 0.05) is 10.7 Å². The molecule has 0 aliphatic carbocycles. The van der Waals surface area contributed by atoms with Gasteiger partial charge in [-0.05, 0) is 53.9 Å². The van der Waals surface area contributed by atoms with Crippen molar-refractivity contribution in [2.24, 2.45) is 5.73 Å². The molecule has 2 aromatic carbocycles. The van der Waals surface area contributed by atoms with Crippen molar-refractivity contribution < 1.29 is 0 Å². The van der Waals surface area contributed by atoms with E-state index in [4.69, 9.17) is 5.73 Å². The number of nitrogens with one attached hydrogen (secondary N) is 1. The number of nitrogens with zero attached hydrogens (tertiary/aromatic N) is 1. The number of hydrogen-bond acceptors (Lipinski definition) is 3. The standard InChI is InChI=1S/C17H18BrN3O/c18-14-5-4-12-2-3-13-6-9-21(11-20-8-1-7-19)17(22)16(13)15(12)10-14/h2-6,9-10,20H,1,7-8,11,19H2. The molecule has 0 saturated carbocycles. The van der Waals surface area contributed by atoms with E-state index < -0.39 is 0 Å². The van der Waals surface area contributed by atoms with E-state index in [1.54, 1.807) is 4.57 Å². The highest BCUT2D eigenvalue weighted by Gasteiger charge is 2.07. The van der Waals surface area contributed by atoms with Gasteiger partial charge in [-0.15, -0.1) is 0 Å². The molecule has 3 rings (SSSR count). The van der Waals surface area contributed by atoms with E-state index in [9.17, 15) is 4.79 Å². The summed E-state index contributed by atoms with van der Waals surface area (Å²) in [6.45, 7) is 1.96. The summed E-state index contributed by atoms with van der Waals surface area (Å²) in [5.74, 6) is 0. The summed E-state index contributed by atoms with van der Waals surface area (Å²) < 4.78 is 2.68. The van der Waals surface area contributed by atoms with E-state index in [0.717, 1.165) is 39.0 Å². The lowest BCUT2D eigenvalue weighted by Gasteiger charge is -2.10. The molecule has 0 bridgehead atoms. The molecule has 0 spiro atoms. The van der Waals surface area contributed by atoms with Crippen LogP contribution in [0.15, 0.2) is 51.9 Å². The Morgan fingerprint density at radius 3 is 2.73 bits per heavy atom. The molecule has 4 nitrogen and oxygen atoms in total. The van der Waals surface area contributed by atoms with Crippen LogP contribution in [0.4, 0.5) is 0 Å². The van der Waals surface area contributed by atoms with Crippen molar-refractivity contribution in [2.75, 3.05) is 13.1 Å². The van der Waals surface area contributed by atoms with E-state index in [0.29, 0.717) is 13.2 Å². The van der Waals surface area contributed by atoms with Gasteiger partial charge >= 0.3 is 0 Å². The van der Waals surface area contributed by atoms with Gasteiger partial charge < -0.3 is 10.3 Å². The number of rotatable bonds is 5. The van der Waals surface area contributed by atoms with Crippen LogP contribution in [-0.2, 0) is 6.67 Å². The molecule has 0 aliphatic heterocycles. The fourth-order valence-corrected chi connectivity index (χ4v) is 2.98. The molecule has 114 valence electrons. The molecule has 0 unspecified atom stereocenters. The van der Waals surface area contributed by atoms with Crippen LogP contribution in [0.25, 0.3) is 21.5 Å². The normalized spacial score (nSPS) is 11.4. The van der Waals surface area contributed by atoms with Crippen LogP contribution in [0.3, 0.4) is 0 Å². The van der Waals surface area contributed by atoms with Gasteiger partial charge in [0.2, 0.25) is 0 Å². The van der Waals surface area contributed by atoms with E-state index in [1.165, 1.54) is 0 Å². The number of halogens is 1. The molecule has 3 N–H and O–H groups in total. The number of benzene rings is 2. The predicted octanol–water partition coefficient (Wildman–Crippen LogP) is 2.81. The van der Waals surface area contributed by atoms with Gasteiger partial charge in [-0.1, -0.05) is 34.1 Å². The highest BCUT2D eigenvalue weighted by molar-refractivity contribution is 9.10. The molecule has 1 aromatic heterocycles. The second-order valence-corrected chi connectivity index (χ2v) is 6.20. The first-order valence-electron chi connectivity index (χ1n) is 7.33. The first-order chi connectivity index (χ1) is 10.7. The molecule has 1 heterocycles. The number of aromatic nitrogens is 1. The summed E-state index contributed by atoms with van der Waals surface area (Å²) in [5, 5.41) is 7.02. The molecular weight excluding hydrogens is 342 g/mol. The minimum atomic E-state index is 0.0291. The van der Waals surface area contributed by atoms with Crippen LogP contribution in [0.2, 0.25) is 0 Å². The van der Waals surface area contributed by atoms with Gasteiger partial charge in [-0.2, -0.15) is 0 Å². The SMILES string of the molecule is NCCCNCn1ccc2ccc3ccc(Br)cc3c2c1=O. The molecule has 22 heavy (non-hydrogen) atoms. The van der Waals surface area contributed by atoms with Crippen LogP contribution >= 0.6 is 15.9 Å². The lowest BCUT2D eigenvalue weighted by molar-refractivity contribution is 0.538. The number of nitrogens with two attached hydrogens (primary N) is 1. The van der Waals surface area contributed by atoms with Crippen LogP contribution in [-0.4, -0.2) is 17.7 Å². The van der Waals surface area contributed by atoms with Crippen molar-refractivity contribution in [3.05, 3.63) is 57.4 Å². The zero-order valence-corrected chi connectivity index (χ0v) is 13.8. The lowest BCUT2D eigenvalue weighted by Crippen LogP contribution is -2.29. The van der Waals surface area contributed by atoms with Crippen molar-refractivity contribution in [1.82, 2.24) is 9.88 Å². The molecule has 0 fully saturated rings. The highest BCUT2D eigenvalue weighted by atomic mass is 79.9. The van der Waals surface area contributed by atoms with Crippen molar-refractivity contribution in [1.29, 1.82) is 0 Å². The maximum Gasteiger partial charge on any atom is 0.260 e. The summed E-state index contributed by atoms with van der Waals surface area (Å²) in [4.78, 5) is 12.8. The fourth-order valence-electron chi connectivity index (χ4n) is 2.62. The van der Waals surface area contributed by atoms with E-state index in [1.807, 2.05) is 42.6 Å². The van der Waals surface area contributed by atoms with Crippen LogP contribution in [0.5, 0.6) is 0 Å². The Bertz CT molecular complexity index is 873. The second kappa shape index (κ2) is 6.60. The van der Waals surface area contributed by atoms with Gasteiger partial charge in [0.05, 0.1) is 12.1 Å². The highest BCUT2D eigenvalue weighted by Crippen LogP contribution is 2.25. The minimum absolute atomic E-state index is 0.0291. The van der Waals surface area contributed by atoms with Crippen LogP contribution in [0.1, 0.15) is 6.42 Å². The lowest BCUT2D eigenvalue weighted by atomic mass is 10.0. The predicted molar refractivity (Wildman–Crippen MR) is 95.1 cm³/mol. The van der Waals surface area contributed by atoms with Gasteiger partial charge in [0.25, 0.3) is 5.56 Å².